The molecule has 0 radical (unpaired) electrons. The van der Waals surface area contributed by atoms with Gasteiger partial charge in [0.2, 0.25) is 5.91 Å². The highest BCUT2D eigenvalue weighted by Crippen LogP contribution is 2.44. The Morgan fingerprint density at radius 3 is 2.53 bits per heavy atom. The first-order chi connectivity index (χ1) is 15.2. The van der Waals surface area contributed by atoms with E-state index in [1.807, 2.05) is 0 Å². The van der Waals surface area contributed by atoms with Crippen LogP contribution in [0.3, 0.4) is 0 Å². The third kappa shape index (κ3) is 3.26. The third-order valence-corrected chi connectivity index (χ3v) is 7.28. The van der Waals surface area contributed by atoms with Crippen molar-refractivity contribution in [1.82, 2.24) is 19.2 Å². The molecule has 4 heterocycles. The number of halogens is 4. The molecule has 2 aromatic heterocycles. The van der Waals surface area contributed by atoms with E-state index >= 15 is 0 Å². The lowest BCUT2D eigenvalue weighted by molar-refractivity contribution is -0.138. The quantitative estimate of drug-likeness (QED) is 0.649. The molecule has 6 rings (SSSR count). The van der Waals surface area contributed by atoms with Crippen molar-refractivity contribution in [2.45, 2.75) is 56.0 Å². The first-order valence-corrected chi connectivity index (χ1v) is 11.1. The number of carbonyl (C=O) groups is 2. The van der Waals surface area contributed by atoms with E-state index in [1.165, 1.54) is 11.1 Å². The van der Waals surface area contributed by atoms with Crippen LogP contribution in [-0.2, 0) is 15.7 Å². The molecule has 2 aliphatic carbocycles. The number of amides is 2. The van der Waals surface area contributed by atoms with Gasteiger partial charge < -0.3 is 14.5 Å². The SMILES string of the molecule is O=C(c1nc2c(C(F)(F)F)cc(C3CC3)cn2c1Cl)N1CCN(C2CC3OC3C2)C(=O)C1. The summed E-state index contributed by atoms with van der Waals surface area (Å²) in [6, 6.07) is 1.22. The minimum absolute atomic E-state index is 0.0656. The van der Waals surface area contributed by atoms with Crippen molar-refractivity contribution >= 4 is 29.1 Å². The Morgan fingerprint density at radius 2 is 1.91 bits per heavy atom. The summed E-state index contributed by atoms with van der Waals surface area (Å²) in [5.41, 5.74) is -1.04. The molecule has 4 fully saturated rings. The van der Waals surface area contributed by atoms with E-state index < -0.39 is 23.3 Å². The monoisotopic (exact) mass is 468 g/mol. The summed E-state index contributed by atoms with van der Waals surface area (Å²) in [6.45, 7) is 0.509. The molecule has 2 aliphatic heterocycles. The molecule has 2 saturated heterocycles. The average molecular weight is 469 g/mol. The first kappa shape index (κ1) is 20.3. The van der Waals surface area contributed by atoms with Gasteiger partial charge in [-0.1, -0.05) is 11.6 Å². The minimum Gasteiger partial charge on any atom is -0.369 e. The fourth-order valence-corrected chi connectivity index (χ4v) is 5.25. The van der Waals surface area contributed by atoms with E-state index in [0.717, 1.165) is 36.2 Å². The van der Waals surface area contributed by atoms with Crippen molar-refractivity contribution in [1.29, 1.82) is 0 Å². The van der Waals surface area contributed by atoms with E-state index in [9.17, 15) is 22.8 Å². The lowest BCUT2D eigenvalue weighted by Crippen LogP contribution is -2.55. The number of imidazole rings is 1. The molecule has 0 N–H and O–H groups in total. The van der Waals surface area contributed by atoms with Crippen LogP contribution in [0.5, 0.6) is 0 Å². The van der Waals surface area contributed by atoms with Crippen molar-refractivity contribution in [2.24, 2.45) is 0 Å². The zero-order valence-electron chi connectivity index (χ0n) is 16.9. The van der Waals surface area contributed by atoms with Gasteiger partial charge in [-0.25, -0.2) is 4.98 Å². The minimum atomic E-state index is -4.63. The molecule has 0 spiro atoms. The highest BCUT2D eigenvalue weighted by molar-refractivity contribution is 6.33. The standard InChI is InChI=1S/C21H20ClF3N4O3/c22-18-17(26-19-13(21(23,24)25)5-11(8-29(18)19)10-1-2-10)20(31)27-3-4-28(16(30)9-27)12-6-14-15(7-12)32-14/h5,8,10,12,14-15H,1-4,6-7,9H2. The summed E-state index contributed by atoms with van der Waals surface area (Å²) in [6.07, 6.45) is 0.654. The summed E-state index contributed by atoms with van der Waals surface area (Å²) < 4.78 is 47.7. The molecule has 2 aromatic rings. The Kier molecular flexibility index (Phi) is 4.33. The molecule has 0 bridgehead atoms. The summed E-state index contributed by atoms with van der Waals surface area (Å²) in [5, 5.41) is -0.166. The number of hydrogen-bond donors (Lipinski definition) is 0. The van der Waals surface area contributed by atoms with Crippen LogP contribution in [0.25, 0.3) is 5.65 Å². The molecule has 4 aliphatic rings. The Morgan fingerprint density at radius 1 is 1.19 bits per heavy atom. The second kappa shape index (κ2) is 6.84. The summed E-state index contributed by atoms with van der Waals surface area (Å²) >= 11 is 6.36. The smallest absolute Gasteiger partial charge is 0.369 e. The number of rotatable bonds is 3. The van der Waals surface area contributed by atoms with Gasteiger partial charge in [0.1, 0.15) is 11.7 Å². The number of ether oxygens (including phenoxy) is 1. The number of piperazine rings is 1. The number of hydrogen-bond acceptors (Lipinski definition) is 4. The maximum absolute atomic E-state index is 13.7. The Hall–Kier alpha value is -2.33. The van der Waals surface area contributed by atoms with Gasteiger partial charge in [0.15, 0.2) is 11.3 Å². The normalized spacial score (nSPS) is 27.9. The molecule has 2 saturated carbocycles. The lowest BCUT2D eigenvalue weighted by atomic mass is 10.1. The highest BCUT2D eigenvalue weighted by atomic mass is 35.5. The number of pyridine rings is 1. The van der Waals surface area contributed by atoms with Crippen LogP contribution < -0.4 is 0 Å². The second-order valence-corrected chi connectivity index (χ2v) is 9.41. The number of aromatic nitrogens is 2. The Labute approximate surface area is 186 Å². The zero-order valence-corrected chi connectivity index (χ0v) is 17.7. The van der Waals surface area contributed by atoms with Crippen molar-refractivity contribution < 1.29 is 27.5 Å². The fraction of sp³-hybridized carbons (Fsp3) is 0.571. The topological polar surface area (TPSA) is 70.5 Å². The number of fused-ring (bicyclic) bond motifs is 2. The first-order valence-electron chi connectivity index (χ1n) is 10.7. The number of epoxide rings is 1. The van der Waals surface area contributed by atoms with Crippen LogP contribution in [0.4, 0.5) is 13.2 Å². The number of nitrogens with zero attached hydrogens (tertiary/aromatic N) is 4. The van der Waals surface area contributed by atoms with E-state index in [2.05, 4.69) is 4.98 Å². The van der Waals surface area contributed by atoms with Gasteiger partial charge in [-0.15, -0.1) is 0 Å². The highest BCUT2D eigenvalue weighted by Gasteiger charge is 2.51. The maximum atomic E-state index is 13.7. The van der Waals surface area contributed by atoms with Crippen LogP contribution in [0.1, 0.15) is 53.2 Å². The molecular formula is C21H20ClF3N4O3. The van der Waals surface area contributed by atoms with Crippen molar-refractivity contribution in [3.05, 3.63) is 34.2 Å². The van der Waals surface area contributed by atoms with E-state index in [4.69, 9.17) is 16.3 Å². The predicted molar refractivity (Wildman–Crippen MR) is 106 cm³/mol. The van der Waals surface area contributed by atoms with Gasteiger partial charge in [0, 0.05) is 25.3 Å². The van der Waals surface area contributed by atoms with Crippen LogP contribution in [-0.4, -0.2) is 68.9 Å². The van der Waals surface area contributed by atoms with Gasteiger partial charge in [-0.05, 0) is 43.2 Å². The van der Waals surface area contributed by atoms with Gasteiger partial charge in [0.05, 0.1) is 17.8 Å². The molecule has 2 amide bonds. The lowest BCUT2D eigenvalue weighted by Gasteiger charge is -2.38. The van der Waals surface area contributed by atoms with Gasteiger partial charge in [0.25, 0.3) is 5.91 Å². The van der Waals surface area contributed by atoms with Crippen molar-refractivity contribution in [2.75, 3.05) is 19.6 Å². The summed E-state index contributed by atoms with van der Waals surface area (Å²) in [5.74, 6) is -0.746. The summed E-state index contributed by atoms with van der Waals surface area (Å²) in [7, 11) is 0. The Bertz CT molecular complexity index is 1140. The van der Waals surface area contributed by atoms with Crippen LogP contribution >= 0.6 is 11.6 Å². The van der Waals surface area contributed by atoms with E-state index in [-0.39, 0.29) is 54.0 Å². The molecule has 11 heteroatoms. The molecule has 2 unspecified atom stereocenters. The van der Waals surface area contributed by atoms with Crippen molar-refractivity contribution in [3.63, 3.8) is 0 Å². The number of carbonyl (C=O) groups excluding carboxylic acids is 2. The van der Waals surface area contributed by atoms with Crippen molar-refractivity contribution in [3.8, 4) is 0 Å². The molecule has 7 nitrogen and oxygen atoms in total. The average Bonchev–Trinajstić information content (AvgIpc) is 3.66. The molecule has 170 valence electrons. The number of alkyl halides is 3. The van der Waals surface area contributed by atoms with Gasteiger partial charge in [-0.3, -0.25) is 14.0 Å². The fourth-order valence-electron chi connectivity index (χ4n) is 5.00. The second-order valence-electron chi connectivity index (χ2n) is 9.06. The van der Waals surface area contributed by atoms with Gasteiger partial charge in [-0.2, -0.15) is 13.2 Å². The van der Waals surface area contributed by atoms with Gasteiger partial charge >= 0.3 is 6.18 Å². The van der Waals surface area contributed by atoms with Crippen LogP contribution in [0, 0.1) is 0 Å². The Balaban J connectivity index is 1.28. The third-order valence-electron chi connectivity index (χ3n) is 6.92. The van der Waals surface area contributed by atoms with Crippen LogP contribution in [0.2, 0.25) is 5.15 Å². The van der Waals surface area contributed by atoms with Crippen LogP contribution in [0.15, 0.2) is 12.3 Å². The maximum Gasteiger partial charge on any atom is 0.419 e. The predicted octanol–water partition coefficient (Wildman–Crippen LogP) is 3.10. The van der Waals surface area contributed by atoms with E-state index in [0.29, 0.717) is 12.1 Å². The molecule has 2 atom stereocenters. The zero-order chi connectivity index (χ0) is 22.4. The largest absolute Gasteiger partial charge is 0.419 e. The summed E-state index contributed by atoms with van der Waals surface area (Å²) in [4.78, 5) is 32.9. The molecule has 0 aromatic carbocycles. The molecular weight excluding hydrogens is 449 g/mol. The van der Waals surface area contributed by atoms with E-state index in [1.54, 1.807) is 4.90 Å². The molecule has 32 heavy (non-hydrogen) atoms.